The number of hydrogen-bond acceptors (Lipinski definition) is 3. The van der Waals surface area contributed by atoms with E-state index in [1.165, 1.54) is 60.7 Å². The van der Waals surface area contributed by atoms with Crippen LogP contribution < -0.4 is 0 Å². The third-order valence-corrected chi connectivity index (χ3v) is 6.73. The van der Waals surface area contributed by atoms with Gasteiger partial charge in [0.1, 0.15) is 5.82 Å². The van der Waals surface area contributed by atoms with E-state index in [0.717, 1.165) is 13.1 Å². The predicted molar refractivity (Wildman–Crippen MR) is 83.6 cm³/mol. The van der Waals surface area contributed by atoms with Crippen LogP contribution in [0.1, 0.15) is 32.1 Å². The van der Waals surface area contributed by atoms with Gasteiger partial charge in [-0.3, -0.25) is 4.90 Å². The molecule has 1 saturated heterocycles. The average molecular weight is 326 g/mol. The van der Waals surface area contributed by atoms with Gasteiger partial charge < -0.3 is 0 Å². The second-order valence-corrected chi connectivity index (χ2v) is 8.12. The normalized spacial score (nSPS) is 22.8. The molecule has 1 heterocycles. The molecule has 1 aliphatic carbocycles. The molecule has 1 aromatic carbocycles. The second-order valence-electron chi connectivity index (χ2n) is 6.19. The number of rotatable bonds is 3. The molecule has 0 aromatic heterocycles. The summed E-state index contributed by atoms with van der Waals surface area (Å²) in [5.41, 5.74) is 0. The van der Waals surface area contributed by atoms with Gasteiger partial charge in [-0.1, -0.05) is 19.3 Å². The first-order valence-electron chi connectivity index (χ1n) is 8.07. The molecule has 1 saturated carbocycles. The average Bonchev–Trinajstić information content (AvgIpc) is 2.56. The quantitative estimate of drug-likeness (QED) is 0.857. The molecule has 2 aliphatic rings. The van der Waals surface area contributed by atoms with Crippen molar-refractivity contribution in [2.45, 2.75) is 43.0 Å². The SMILES string of the molecule is O=S(=O)(c1ccc(F)cc1)N1CCN(C2CCCCC2)CC1. The Kier molecular flexibility index (Phi) is 4.80. The van der Waals surface area contributed by atoms with E-state index < -0.39 is 15.8 Å². The van der Waals surface area contributed by atoms with Gasteiger partial charge in [0.15, 0.2) is 0 Å². The summed E-state index contributed by atoms with van der Waals surface area (Å²) >= 11 is 0. The highest BCUT2D eigenvalue weighted by Crippen LogP contribution is 2.25. The maximum atomic E-state index is 13.0. The second kappa shape index (κ2) is 6.64. The Morgan fingerprint density at radius 3 is 2.09 bits per heavy atom. The van der Waals surface area contributed by atoms with Crippen LogP contribution in [-0.2, 0) is 10.0 Å². The largest absolute Gasteiger partial charge is 0.298 e. The molecular formula is C16H23FN2O2S. The molecule has 22 heavy (non-hydrogen) atoms. The minimum absolute atomic E-state index is 0.181. The smallest absolute Gasteiger partial charge is 0.243 e. The molecule has 2 fully saturated rings. The molecule has 0 N–H and O–H groups in total. The standard InChI is InChI=1S/C16H23FN2O2S/c17-14-6-8-16(9-7-14)22(20,21)19-12-10-18(11-13-19)15-4-2-1-3-5-15/h6-9,15H,1-5,10-13H2. The molecule has 3 rings (SSSR count). The zero-order valence-electron chi connectivity index (χ0n) is 12.7. The van der Waals surface area contributed by atoms with Crippen LogP contribution in [0.3, 0.4) is 0 Å². The topological polar surface area (TPSA) is 40.6 Å². The summed E-state index contributed by atoms with van der Waals surface area (Å²) in [5, 5.41) is 0. The van der Waals surface area contributed by atoms with E-state index in [-0.39, 0.29) is 4.90 Å². The van der Waals surface area contributed by atoms with E-state index in [1.807, 2.05) is 0 Å². The highest BCUT2D eigenvalue weighted by atomic mass is 32.2. The molecule has 1 aromatic rings. The van der Waals surface area contributed by atoms with E-state index in [9.17, 15) is 12.8 Å². The lowest BCUT2D eigenvalue weighted by molar-refractivity contribution is 0.111. The van der Waals surface area contributed by atoms with Crippen LogP contribution in [0, 0.1) is 5.82 Å². The third-order valence-electron chi connectivity index (χ3n) is 4.82. The Balaban J connectivity index is 1.63. The number of sulfonamides is 1. The summed E-state index contributed by atoms with van der Waals surface area (Å²) in [6.45, 7) is 2.64. The fourth-order valence-electron chi connectivity index (χ4n) is 3.51. The van der Waals surface area contributed by atoms with Crippen molar-refractivity contribution in [1.29, 1.82) is 0 Å². The minimum atomic E-state index is -3.49. The zero-order chi connectivity index (χ0) is 15.6. The molecule has 0 atom stereocenters. The van der Waals surface area contributed by atoms with Crippen LogP contribution in [0.4, 0.5) is 4.39 Å². The van der Waals surface area contributed by atoms with Crippen LogP contribution in [-0.4, -0.2) is 49.8 Å². The van der Waals surface area contributed by atoms with Gasteiger partial charge in [-0.25, -0.2) is 12.8 Å². The van der Waals surface area contributed by atoms with Gasteiger partial charge in [0, 0.05) is 32.2 Å². The van der Waals surface area contributed by atoms with Gasteiger partial charge in [-0.15, -0.1) is 0 Å². The van der Waals surface area contributed by atoms with Gasteiger partial charge in [-0.2, -0.15) is 4.31 Å². The van der Waals surface area contributed by atoms with Gasteiger partial charge in [0.2, 0.25) is 10.0 Å². The van der Waals surface area contributed by atoms with Crippen LogP contribution in [0.25, 0.3) is 0 Å². The molecule has 0 radical (unpaired) electrons. The Bertz CT molecular complexity index is 589. The molecule has 4 nitrogen and oxygen atoms in total. The summed E-state index contributed by atoms with van der Waals surface area (Å²) in [6.07, 6.45) is 6.39. The van der Waals surface area contributed by atoms with Gasteiger partial charge >= 0.3 is 0 Å². The van der Waals surface area contributed by atoms with E-state index >= 15 is 0 Å². The number of hydrogen-bond donors (Lipinski definition) is 0. The molecule has 0 amide bonds. The van der Waals surface area contributed by atoms with E-state index in [4.69, 9.17) is 0 Å². The fourth-order valence-corrected chi connectivity index (χ4v) is 4.93. The van der Waals surface area contributed by atoms with Gasteiger partial charge in [0.05, 0.1) is 4.90 Å². The molecule has 0 unspecified atom stereocenters. The molecular weight excluding hydrogens is 303 g/mol. The molecule has 6 heteroatoms. The van der Waals surface area contributed by atoms with Crippen molar-refractivity contribution in [1.82, 2.24) is 9.21 Å². The summed E-state index contributed by atoms with van der Waals surface area (Å²) in [7, 11) is -3.49. The minimum Gasteiger partial charge on any atom is -0.298 e. The van der Waals surface area contributed by atoms with Crippen molar-refractivity contribution in [3.63, 3.8) is 0 Å². The van der Waals surface area contributed by atoms with Gasteiger partial charge in [-0.05, 0) is 37.1 Å². The molecule has 0 bridgehead atoms. The maximum Gasteiger partial charge on any atom is 0.243 e. The van der Waals surface area contributed by atoms with Crippen molar-refractivity contribution in [2.75, 3.05) is 26.2 Å². The van der Waals surface area contributed by atoms with Crippen molar-refractivity contribution >= 4 is 10.0 Å². The van der Waals surface area contributed by atoms with Crippen LogP contribution >= 0.6 is 0 Å². The fraction of sp³-hybridized carbons (Fsp3) is 0.625. The zero-order valence-corrected chi connectivity index (χ0v) is 13.6. The summed E-state index contributed by atoms with van der Waals surface area (Å²) in [4.78, 5) is 2.62. The van der Waals surface area contributed by atoms with Crippen LogP contribution in [0.15, 0.2) is 29.2 Å². The third kappa shape index (κ3) is 3.34. The predicted octanol–water partition coefficient (Wildman–Crippen LogP) is 2.46. The molecule has 122 valence electrons. The number of benzene rings is 1. The van der Waals surface area contributed by atoms with Crippen molar-refractivity contribution < 1.29 is 12.8 Å². The first-order chi connectivity index (χ1) is 10.6. The lowest BCUT2D eigenvalue weighted by atomic mass is 9.94. The molecule has 0 spiro atoms. The van der Waals surface area contributed by atoms with Crippen molar-refractivity contribution in [2.24, 2.45) is 0 Å². The first kappa shape index (κ1) is 15.9. The Morgan fingerprint density at radius 2 is 1.50 bits per heavy atom. The summed E-state index contributed by atoms with van der Waals surface area (Å²) < 4.78 is 39.6. The van der Waals surface area contributed by atoms with Crippen LogP contribution in [0.5, 0.6) is 0 Å². The van der Waals surface area contributed by atoms with Crippen molar-refractivity contribution in [3.05, 3.63) is 30.1 Å². The lowest BCUT2D eigenvalue weighted by Gasteiger charge is -2.40. The number of nitrogens with zero attached hydrogens (tertiary/aromatic N) is 2. The Labute approximate surface area is 132 Å². The van der Waals surface area contributed by atoms with Crippen molar-refractivity contribution in [3.8, 4) is 0 Å². The highest BCUT2D eigenvalue weighted by Gasteiger charge is 2.31. The highest BCUT2D eigenvalue weighted by molar-refractivity contribution is 7.89. The number of halogens is 1. The van der Waals surface area contributed by atoms with E-state index in [1.54, 1.807) is 0 Å². The summed E-state index contributed by atoms with van der Waals surface area (Å²) in [5.74, 6) is -0.416. The maximum absolute atomic E-state index is 13.0. The van der Waals surface area contributed by atoms with Gasteiger partial charge in [0.25, 0.3) is 0 Å². The van der Waals surface area contributed by atoms with E-state index in [0.29, 0.717) is 19.1 Å². The molecule has 1 aliphatic heterocycles. The lowest BCUT2D eigenvalue weighted by Crippen LogP contribution is -2.52. The number of piperazine rings is 1. The monoisotopic (exact) mass is 326 g/mol. The first-order valence-corrected chi connectivity index (χ1v) is 9.51. The van der Waals surface area contributed by atoms with Crippen LogP contribution in [0.2, 0.25) is 0 Å². The van der Waals surface area contributed by atoms with E-state index in [2.05, 4.69) is 4.90 Å². The Hall–Kier alpha value is -0.980. The Morgan fingerprint density at radius 1 is 0.909 bits per heavy atom. The summed E-state index contributed by atoms with van der Waals surface area (Å²) in [6, 6.07) is 5.72.